The first kappa shape index (κ1) is 12.6. The van der Waals surface area contributed by atoms with E-state index in [1.807, 2.05) is 0 Å². The lowest BCUT2D eigenvalue weighted by Gasteiger charge is -2.22. The van der Waals surface area contributed by atoms with Gasteiger partial charge in [-0.3, -0.25) is 4.79 Å². The maximum absolute atomic E-state index is 13.2. The maximum Gasteiger partial charge on any atom is 0.244 e. The molecule has 0 saturated carbocycles. The number of nitrogens with one attached hydrogen (secondary N) is 2. The Morgan fingerprint density at radius 2 is 1.94 bits per heavy atom. The Hall–Kier alpha value is -1.49. The third kappa shape index (κ3) is 2.55. The van der Waals surface area contributed by atoms with Crippen molar-refractivity contribution in [2.45, 2.75) is 19.4 Å². The topological polar surface area (TPSA) is 41.1 Å². The first-order chi connectivity index (χ1) is 7.38. The summed E-state index contributed by atoms with van der Waals surface area (Å²) in [5.74, 6) is -2.47. The van der Waals surface area contributed by atoms with Gasteiger partial charge in [-0.2, -0.15) is 0 Å². The fraction of sp³-hybridized carbons (Fsp3) is 0.364. The molecule has 2 N–H and O–H groups in total. The smallest absolute Gasteiger partial charge is 0.244 e. The van der Waals surface area contributed by atoms with E-state index >= 15 is 0 Å². The monoisotopic (exact) mass is 228 g/mol. The number of hydrogen-bond acceptors (Lipinski definition) is 2. The van der Waals surface area contributed by atoms with E-state index in [1.165, 1.54) is 12.1 Å². The van der Waals surface area contributed by atoms with Crippen molar-refractivity contribution in [3.8, 4) is 0 Å². The normalized spacial score (nSPS) is 11.3. The summed E-state index contributed by atoms with van der Waals surface area (Å²) in [6, 6.07) is 3.64. The van der Waals surface area contributed by atoms with Crippen molar-refractivity contribution in [2.75, 3.05) is 12.4 Å². The highest BCUT2D eigenvalue weighted by molar-refractivity contribution is 5.97. The molecule has 0 aliphatic carbocycles. The highest BCUT2D eigenvalue weighted by Crippen LogP contribution is 2.17. The third-order valence-electron chi connectivity index (χ3n) is 2.39. The number of likely N-dealkylation sites (N-methyl/N-ethyl adjacent to an activating group) is 1. The summed E-state index contributed by atoms with van der Waals surface area (Å²) < 4.78 is 26.1. The minimum absolute atomic E-state index is 0.159. The Bertz CT molecular complexity index is 405. The minimum atomic E-state index is -1.05. The van der Waals surface area contributed by atoms with Crippen LogP contribution < -0.4 is 10.6 Å². The number of benzene rings is 1. The summed E-state index contributed by atoms with van der Waals surface area (Å²) in [5, 5.41) is 5.09. The lowest BCUT2D eigenvalue weighted by molar-refractivity contribution is -0.121. The average Bonchev–Trinajstić information content (AvgIpc) is 2.24. The number of anilines is 1. The van der Waals surface area contributed by atoms with Gasteiger partial charge in [0.2, 0.25) is 5.91 Å². The molecule has 1 aromatic carbocycles. The van der Waals surface area contributed by atoms with Crippen LogP contribution in [-0.4, -0.2) is 18.5 Å². The summed E-state index contributed by atoms with van der Waals surface area (Å²) in [5.41, 5.74) is -1.01. The van der Waals surface area contributed by atoms with E-state index in [1.54, 1.807) is 20.9 Å². The van der Waals surface area contributed by atoms with Crippen molar-refractivity contribution >= 4 is 11.6 Å². The van der Waals surface area contributed by atoms with Crippen molar-refractivity contribution in [1.82, 2.24) is 5.32 Å². The quantitative estimate of drug-likeness (QED) is 0.829. The first-order valence-electron chi connectivity index (χ1n) is 4.83. The van der Waals surface area contributed by atoms with Crippen molar-refractivity contribution in [1.29, 1.82) is 0 Å². The summed E-state index contributed by atoms with van der Waals surface area (Å²) >= 11 is 0. The fourth-order valence-corrected chi connectivity index (χ4v) is 0.992. The number of carbonyl (C=O) groups is 1. The molecule has 0 radical (unpaired) electrons. The van der Waals surface area contributed by atoms with Gasteiger partial charge in [-0.25, -0.2) is 8.78 Å². The second-order valence-corrected chi connectivity index (χ2v) is 3.93. The highest BCUT2D eigenvalue weighted by atomic mass is 19.2. The van der Waals surface area contributed by atoms with Gasteiger partial charge in [0.1, 0.15) is 0 Å². The number of amides is 1. The molecule has 88 valence electrons. The molecule has 0 fully saturated rings. The highest BCUT2D eigenvalue weighted by Gasteiger charge is 2.26. The molecule has 0 bridgehead atoms. The van der Waals surface area contributed by atoms with Crippen LogP contribution in [0.5, 0.6) is 0 Å². The van der Waals surface area contributed by atoms with E-state index in [2.05, 4.69) is 10.6 Å². The largest absolute Gasteiger partial charge is 0.322 e. The summed E-state index contributed by atoms with van der Waals surface area (Å²) in [6.45, 7) is 3.28. The van der Waals surface area contributed by atoms with Crippen LogP contribution in [0.25, 0.3) is 0 Å². The molecule has 0 aromatic heterocycles. The van der Waals surface area contributed by atoms with Crippen LogP contribution >= 0.6 is 0 Å². The standard InChI is InChI=1S/C11H14F2N2O/c1-11(2,14-3)10(16)15-8-6-4-5-7(12)9(8)13/h4-6,14H,1-3H3,(H,15,16). The SMILES string of the molecule is CNC(C)(C)C(=O)Nc1cccc(F)c1F. The second kappa shape index (κ2) is 4.57. The predicted molar refractivity (Wildman–Crippen MR) is 58.1 cm³/mol. The molecular weight excluding hydrogens is 214 g/mol. The molecule has 0 saturated heterocycles. The molecule has 5 heteroatoms. The maximum atomic E-state index is 13.2. The van der Waals surface area contributed by atoms with Gasteiger partial charge in [0.15, 0.2) is 11.6 Å². The lowest BCUT2D eigenvalue weighted by Crippen LogP contribution is -2.48. The van der Waals surface area contributed by atoms with Crippen LogP contribution in [0, 0.1) is 11.6 Å². The molecule has 0 atom stereocenters. The van der Waals surface area contributed by atoms with Crippen LogP contribution in [-0.2, 0) is 4.79 Å². The number of carbonyl (C=O) groups excluding carboxylic acids is 1. The van der Waals surface area contributed by atoms with Gasteiger partial charge >= 0.3 is 0 Å². The molecule has 1 amide bonds. The molecule has 16 heavy (non-hydrogen) atoms. The lowest BCUT2D eigenvalue weighted by atomic mass is 10.1. The Kier molecular flexibility index (Phi) is 3.59. The van der Waals surface area contributed by atoms with E-state index in [4.69, 9.17) is 0 Å². The summed E-state index contributed by atoms with van der Waals surface area (Å²) in [6.07, 6.45) is 0. The van der Waals surface area contributed by atoms with Crippen LogP contribution in [0.2, 0.25) is 0 Å². The van der Waals surface area contributed by atoms with E-state index in [9.17, 15) is 13.6 Å². The van der Waals surface area contributed by atoms with Gasteiger partial charge in [-0.05, 0) is 33.0 Å². The molecule has 3 nitrogen and oxygen atoms in total. The van der Waals surface area contributed by atoms with Gasteiger partial charge < -0.3 is 10.6 Å². The van der Waals surface area contributed by atoms with Gasteiger partial charge in [-0.15, -0.1) is 0 Å². The van der Waals surface area contributed by atoms with Crippen LogP contribution in [0.1, 0.15) is 13.8 Å². The molecule has 0 aliphatic heterocycles. The van der Waals surface area contributed by atoms with Crippen molar-refractivity contribution < 1.29 is 13.6 Å². The van der Waals surface area contributed by atoms with Crippen molar-refractivity contribution in [2.24, 2.45) is 0 Å². The van der Waals surface area contributed by atoms with Gasteiger partial charge in [-0.1, -0.05) is 6.07 Å². The summed E-state index contributed by atoms with van der Waals surface area (Å²) in [7, 11) is 1.61. The Balaban J connectivity index is 2.90. The first-order valence-corrected chi connectivity index (χ1v) is 4.83. The molecule has 1 rings (SSSR count). The Labute approximate surface area is 92.8 Å². The molecule has 0 spiro atoms. The molecule has 0 heterocycles. The van der Waals surface area contributed by atoms with Crippen LogP contribution in [0.4, 0.5) is 14.5 Å². The molecule has 1 aromatic rings. The van der Waals surface area contributed by atoms with Crippen LogP contribution in [0.15, 0.2) is 18.2 Å². The fourth-order valence-electron chi connectivity index (χ4n) is 0.992. The molecule has 0 unspecified atom stereocenters. The van der Waals surface area contributed by atoms with E-state index < -0.39 is 23.1 Å². The predicted octanol–water partition coefficient (Wildman–Crippen LogP) is 1.90. The number of hydrogen-bond donors (Lipinski definition) is 2. The van der Waals surface area contributed by atoms with Crippen LogP contribution in [0.3, 0.4) is 0 Å². The summed E-state index contributed by atoms with van der Waals surface area (Å²) in [4.78, 5) is 11.7. The Morgan fingerprint density at radius 3 is 2.50 bits per heavy atom. The average molecular weight is 228 g/mol. The van der Waals surface area contributed by atoms with Gasteiger partial charge in [0.25, 0.3) is 0 Å². The van der Waals surface area contributed by atoms with E-state index in [-0.39, 0.29) is 5.69 Å². The van der Waals surface area contributed by atoms with Crippen molar-refractivity contribution in [3.63, 3.8) is 0 Å². The third-order valence-corrected chi connectivity index (χ3v) is 2.39. The van der Waals surface area contributed by atoms with E-state index in [0.29, 0.717) is 0 Å². The van der Waals surface area contributed by atoms with Gasteiger partial charge in [0.05, 0.1) is 11.2 Å². The van der Waals surface area contributed by atoms with E-state index in [0.717, 1.165) is 6.07 Å². The number of halogens is 2. The zero-order valence-corrected chi connectivity index (χ0v) is 9.40. The second-order valence-electron chi connectivity index (χ2n) is 3.93. The zero-order valence-electron chi connectivity index (χ0n) is 9.40. The minimum Gasteiger partial charge on any atom is -0.322 e. The Morgan fingerprint density at radius 1 is 1.31 bits per heavy atom. The zero-order chi connectivity index (χ0) is 12.3. The number of rotatable bonds is 3. The van der Waals surface area contributed by atoms with Gasteiger partial charge in [0, 0.05) is 0 Å². The molecular formula is C11H14F2N2O. The van der Waals surface area contributed by atoms with Crippen molar-refractivity contribution in [3.05, 3.63) is 29.8 Å². The molecule has 0 aliphatic rings.